The molecule has 2 aromatic rings. The largest absolute Gasteiger partial charge is 0.478 e. The summed E-state index contributed by atoms with van der Waals surface area (Å²) in [5.41, 5.74) is 0.874. The molecule has 0 spiro atoms. The fourth-order valence-electron chi connectivity index (χ4n) is 1.45. The van der Waals surface area contributed by atoms with E-state index in [1.165, 1.54) is 12.1 Å². The minimum absolute atomic E-state index is 0.179. The van der Waals surface area contributed by atoms with Crippen LogP contribution in [0.3, 0.4) is 0 Å². The zero-order valence-electron chi connectivity index (χ0n) is 10.2. The fourth-order valence-corrected chi connectivity index (χ4v) is 1.45. The van der Waals surface area contributed by atoms with E-state index in [0.29, 0.717) is 6.54 Å². The number of rotatable bonds is 5. The number of benzene rings is 1. The summed E-state index contributed by atoms with van der Waals surface area (Å²) in [7, 11) is 0. The molecule has 0 radical (unpaired) electrons. The van der Waals surface area contributed by atoms with Gasteiger partial charge in [-0.3, -0.25) is 10.1 Å². The van der Waals surface area contributed by atoms with Crippen LogP contribution in [0, 0.1) is 10.1 Å². The van der Waals surface area contributed by atoms with E-state index in [2.05, 4.69) is 15.3 Å². The van der Waals surface area contributed by atoms with Crippen molar-refractivity contribution in [3.8, 4) is 0 Å². The molecule has 102 valence electrons. The molecular weight excluding hydrogens is 264 g/mol. The summed E-state index contributed by atoms with van der Waals surface area (Å²) in [6.45, 7) is 0.387. The Kier molecular flexibility index (Phi) is 3.85. The van der Waals surface area contributed by atoms with Crippen molar-refractivity contribution in [3.63, 3.8) is 0 Å². The molecule has 8 heteroatoms. The first-order valence-electron chi connectivity index (χ1n) is 5.59. The molecule has 0 aliphatic rings. The first-order chi connectivity index (χ1) is 9.56. The maximum atomic E-state index is 10.7. The van der Waals surface area contributed by atoms with Gasteiger partial charge in [-0.2, -0.15) is 0 Å². The van der Waals surface area contributed by atoms with Crippen LogP contribution in [0.25, 0.3) is 0 Å². The summed E-state index contributed by atoms with van der Waals surface area (Å²) in [6, 6.07) is 6.33. The summed E-state index contributed by atoms with van der Waals surface area (Å²) < 4.78 is 0. The third kappa shape index (κ3) is 3.25. The Hall–Kier alpha value is -3.03. The van der Waals surface area contributed by atoms with Gasteiger partial charge in [0.15, 0.2) is 0 Å². The van der Waals surface area contributed by atoms with Crippen molar-refractivity contribution in [2.45, 2.75) is 6.54 Å². The minimum atomic E-state index is -0.983. The number of carbonyl (C=O) groups is 1. The van der Waals surface area contributed by atoms with Gasteiger partial charge in [-0.05, 0) is 17.7 Å². The zero-order valence-corrected chi connectivity index (χ0v) is 10.2. The SMILES string of the molecule is O=C(O)c1ccc(CNc2ncc([N+](=O)[O-])cn2)cc1. The molecule has 8 nitrogen and oxygen atoms in total. The highest BCUT2D eigenvalue weighted by Gasteiger charge is 2.06. The lowest BCUT2D eigenvalue weighted by Crippen LogP contribution is -2.04. The predicted octanol–water partition coefficient (Wildman–Crippen LogP) is 1.70. The Balaban J connectivity index is 1.97. The highest BCUT2D eigenvalue weighted by molar-refractivity contribution is 5.87. The van der Waals surface area contributed by atoms with Crippen molar-refractivity contribution in [2.24, 2.45) is 0 Å². The van der Waals surface area contributed by atoms with Crippen LogP contribution >= 0.6 is 0 Å². The van der Waals surface area contributed by atoms with Crippen molar-refractivity contribution in [1.82, 2.24) is 9.97 Å². The van der Waals surface area contributed by atoms with Gasteiger partial charge < -0.3 is 10.4 Å². The minimum Gasteiger partial charge on any atom is -0.478 e. The van der Waals surface area contributed by atoms with Crippen LogP contribution in [-0.2, 0) is 6.54 Å². The normalized spacial score (nSPS) is 10.0. The smallest absolute Gasteiger partial charge is 0.335 e. The Morgan fingerprint density at radius 2 is 1.85 bits per heavy atom. The van der Waals surface area contributed by atoms with Gasteiger partial charge in [0.2, 0.25) is 5.95 Å². The summed E-state index contributed by atoms with van der Waals surface area (Å²) in [5.74, 6) is -0.721. The van der Waals surface area contributed by atoms with Crippen molar-refractivity contribution < 1.29 is 14.8 Å². The molecule has 0 saturated heterocycles. The van der Waals surface area contributed by atoms with E-state index in [1.807, 2.05) is 0 Å². The van der Waals surface area contributed by atoms with Gasteiger partial charge in [0, 0.05) is 6.54 Å². The molecule has 0 aliphatic heterocycles. The molecule has 0 bridgehead atoms. The number of hydrogen-bond donors (Lipinski definition) is 2. The van der Waals surface area contributed by atoms with Crippen LogP contribution in [0.15, 0.2) is 36.7 Å². The van der Waals surface area contributed by atoms with Crippen LogP contribution in [0.2, 0.25) is 0 Å². The van der Waals surface area contributed by atoms with Crippen LogP contribution in [0.1, 0.15) is 15.9 Å². The van der Waals surface area contributed by atoms with Gasteiger partial charge in [0.25, 0.3) is 0 Å². The maximum absolute atomic E-state index is 10.7. The lowest BCUT2D eigenvalue weighted by atomic mass is 10.1. The molecular formula is C12H10N4O4. The molecule has 20 heavy (non-hydrogen) atoms. The molecule has 2 N–H and O–H groups in total. The molecule has 1 heterocycles. The quantitative estimate of drug-likeness (QED) is 0.629. The first kappa shape index (κ1) is 13.4. The Bertz CT molecular complexity index is 567. The van der Waals surface area contributed by atoms with Crippen molar-refractivity contribution in [1.29, 1.82) is 0 Å². The van der Waals surface area contributed by atoms with Crippen LogP contribution in [0.5, 0.6) is 0 Å². The van der Waals surface area contributed by atoms with Crippen molar-refractivity contribution in [2.75, 3.05) is 5.32 Å². The highest BCUT2D eigenvalue weighted by atomic mass is 16.6. The Morgan fingerprint density at radius 3 is 2.35 bits per heavy atom. The Labute approximate surface area is 113 Å². The number of aromatic carboxylic acids is 1. The molecule has 1 aromatic heterocycles. The second-order valence-electron chi connectivity index (χ2n) is 3.88. The van der Waals surface area contributed by atoms with Gasteiger partial charge in [0.1, 0.15) is 12.4 Å². The molecule has 0 saturated carbocycles. The van der Waals surface area contributed by atoms with Gasteiger partial charge in [-0.1, -0.05) is 12.1 Å². The highest BCUT2D eigenvalue weighted by Crippen LogP contribution is 2.10. The number of nitrogens with zero attached hydrogens (tertiary/aromatic N) is 3. The maximum Gasteiger partial charge on any atom is 0.335 e. The lowest BCUT2D eigenvalue weighted by molar-refractivity contribution is -0.385. The summed E-state index contributed by atoms with van der Waals surface area (Å²) in [4.78, 5) is 28.2. The molecule has 0 unspecified atom stereocenters. The van der Waals surface area contributed by atoms with E-state index in [-0.39, 0.29) is 17.2 Å². The molecule has 0 atom stereocenters. The summed E-state index contributed by atoms with van der Waals surface area (Å²) in [6.07, 6.45) is 2.23. The number of aromatic nitrogens is 2. The lowest BCUT2D eigenvalue weighted by Gasteiger charge is -2.04. The van der Waals surface area contributed by atoms with Gasteiger partial charge in [-0.25, -0.2) is 14.8 Å². The molecule has 0 aliphatic carbocycles. The molecule has 2 rings (SSSR count). The molecule has 0 fully saturated rings. The first-order valence-corrected chi connectivity index (χ1v) is 5.59. The van der Waals surface area contributed by atoms with Gasteiger partial charge in [-0.15, -0.1) is 0 Å². The number of nitrogens with one attached hydrogen (secondary N) is 1. The van der Waals surface area contributed by atoms with E-state index in [0.717, 1.165) is 18.0 Å². The number of anilines is 1. The van der Waals surface area contributed by atoms with E-state index < -0.39 is 10.9 Å². The third-order valence-corrected chi connectivity index (χ3v) is 2.50. The standard InChI is InChI=1S/C12H10N4O4/c17-11(18)9-3-1-8(2-4-9)5-13-12-14-6-10(7-15-12)16(19)20/h1-4,6-7H,5H2,(H,17,18)(H,13,14,15). The number of carboxylic acid groups (broad SMARTS) is 1. The third-order valence-electron chi connectivity index (χ3n) is 2.50. The molecule has 0 amide bonds. The van der Waals surface area contributed by atoms with Gasteiger partial charge in [0.05, 0.1) is 10.5 Å². The van der Waals surface area contributed by atoms with Crippen molar-refractivity contribution >= 4 is 17.6 Å². The van der Waals surface area contributed by atoms with E-state index in [4.69, 9.17) is 5.11 Å². The van der Waals surface area contributed by atoms with Crippen LogP contribution < -0.4 is 5.32 Å². The predicted molar refractivity (Wildman–Crippen MR) is 69.4 cm³/mol. The zero-order chi connectivity index (χ0) is 14.5. The monoisotopic (exact) mass is 274 g/mol. The second-order valence-corrected chi connectivity index (χ2v) is 3.88. The second kappa shape index (κ2) is 5.74. The van der Waals surface area contributed by atoms with E-state index in [1.54, 1.807) is 12.1 Å². The topological polar surface area (TPSA) is 118 Å². The number of nitro groups is 1. The average molecular weight is 274 g/mol. The molecule has 1 aromatic carbocycles. The summed E-state index contributed by atoms with van der Waals surface area (Å²) in [5, 5.41) is 22.1. The van der Waals surface area contributed by atoms with Crippen molar-refractivity contribution in [3.05, 3.63) is 57.9 Å². The number of hydrogen-bond acceptors (Lipinski definition) is 6. The van der Waals surface area contributed by atoms with Crippen LogP contribution in [-0.4, -0.2) is 26.0 Å². The van der Waals surface area contributed by atoms with Gasteiger partial charge >= 0.3 is 11.7 Å². The Morgan fingerprint density at radius 1 is 1.25 bits per heavy atom. The number of carboxylic acids is 1. The average Bonchev–Trinajstić information content (AvgIpc) is 2.46. The van der Waals surface area contributed by atoms with E-state index >= 15 is 0 Å². The summed E-state index contributed by atoms with van der Waals surface area (Å²) >= 11 is 0. The van der Waals surface area contributed by atoms with E-state index in [9.17, 15) is 14.9 Å². The fraction of sp³-hybridized carbons (Fsp3) is 0.0833. The van der Waals surface area contributed by atoms with Crippen LogP contribution in [0.4, 0.5) is 11.6 Å².